The molecule has 21 heavy (non-hydrogen) atoms. The number of carboxylic acid groups (broad SMARTS) is 1. The molecule has 0 bridgehead atoms. The molecule has 1 aromatic rings. The van der Waals surface area contributed by atoms with E-state index >= 15 is 0 Å². The van der Waals surface area contributed by atoms with Gasteiger partial charge in [-0.25, -0.2) is 0 Å². The molecule has 5 nitrogen and oxygen atoms in total. The molecule has 0 aromatic heterocycles. The van der Waals surface area contributed by atoms with E-state index in [9.17, 15) is 4.79 Å². The van der Waals surface area contributed by atoms with Crippen molar-refractivity contribution < 1.29 is 14.6 Å². The number of rotatable bonds is 7. The van der Waals surface area contributed by atoms with Crippen molar-refractivity contribution in [1.82, 2.24) is 10.2 Å². The monoisotopic (exact) mass is 292 g/mol. The molecule has 0 aliphatic carbocycles. The first-order valence-corrected chi connectivity index (χ1v) is 7.37. The van der Waals surface area contributed by atoms with Crippen LogP contribution in [0.25, 0.3) is 0 Å². The highest BCUT2D eigenvalue weighted by Gasteiger charge is 2.27. The van der Waals surface area contributed by atoms with Gasteiger partial charge in [0.15, 0.2) is 0 Å². The van der Waals surface area contributed by atoms with Crippen LogP contribution in [0.4, 0.5) is 0 Å². The van der Waals surface area contributed by atoms with Crippen LogP contribution in [0.15, 0.2) is 24.3 Å². The van der Waals surface area contributed by atoms with E-state index < -0.39 is 12.0 Å². The first-order valence-electron chi connectivity index (χ1n) is 7.37. The molecule has 2 rings (SSSR count). The van der Waals surface area contributed by atoms with Crippen molar-refractivity contribution in [3.05, 3.63) is 29.8 Å². The molecule has 0 amide bonds. The number of hydrogen-bond donors (Lipinski definition) is 2. The molecule has 116 valence electrons. The molecule has 1 aliphatic rings. The minimum absolute atomic E-state index is 0.434. The van der Waals surface area contributed by atoms with Gasteiger partial charge in [0.2, 0.25) is 0 Å². The highest BCUT2D eigenvalue weighted by molar-refractivity contribution is 5.73. The predicted molar refractivity (Wildman–Crippen MR) is 81.5 cm³/mol. The van der Waals surface area contributed by atoms with Crippen molar-refractivity contribution >= 4 is 5.97 Å². The molecular weight excluding hydrogens is 268 g/mol. The maximum absolute atomic E-state index is 11.1. The Morgan fingerprint density at radius 2 is 2.19 bits per heavy atom. The van der Waals surface area contributed by atoms with Crippen molar-refractivity contribution in [3.63, 3.8) is 0 Å². The van der Waals surface area contributed by atoms with Crippen molar-refractivity contribution in [1.29, 1.82) is 0 Å². The third-order valence-corrected chi connectivity index (χ3v) is 4.15. The van der Waals surface area contributed by atoms with Crippen LogP contribution in [0, 0.1) is 5.92 Å². The van der Waals surface area contributed by atoms with Crippen molar-refractivity contribution in [3.8, 4) is 5.75 Å². The Hall–Kier alpha value is -1.59. The lowest BCUT2D eigenvalue weighted by Crippen LogP contribution is -2.36. The molecule has 1 saturated heterocycles. The number of nitrogens with zero attached hydrogens (tertiary/aromatic N) is 1. The maximum atomic E-state index is 11.1. The normalized spacial score (nSPS) is 20.4. The smallest absolute Gasteiger partial charge is 0.320 e. The van der Waals surface area contributed by atoms with E-state index in [1.54, 1.807) is 14.2 Å². The van der Waals surface area contributed by atoms with Gasteiger partial charge in [-0.05, 0) is 50.0 Å². The molecule has 1 aliphatic heterocycles. The second-order valence-corrected chi connectivity index (χ2v) is 5.65. The number of ether oxygens (including phenoxy) is 1. The van der Waals surface area contributed by atoms with Crippen molar-refractivity contribution in [2.45, 2.75) is 25.4 Å². The summed E-state index contributed by atoms with van der Waals surface area (Å²) in [6, 6.07) is 7.69. The van der Waals surface area contributed by atoms with Gasteiger partial charge in [0, 0.05) is 13.1 Å². The largest absolute Gasteiger partial charge is 0.497 e. The van der Waals surface area contributed by atoms with Crippen LogP contribution in [0.5, 0.6) is 5.75 Å². The molecule has 0 spiro atoms. The molecule has 2 N–H and O–H groups in total. The number of likely N-dealkylation sites (N-methyl/N-ethyl adjacent to an activating group) is 1. The number of methoxy groups -OCH3 is 1. The summed E-state index contributed by atoms with van der Waals surface area (Å²) in [5, 5.41) is 12.0. The van der Waals surface area contributed by atoms with Gasteiger partial charge in [-0.15, -0.1) is 0 Å². The number of benzene rings is 1. The average molecular weight is 292 g/mol. The van der Waals surface area contributed by atoms with Gasteiger partial charge < -0.3 is 15.2 Å². The zero-order valence-electron chi connectivity index (χ0n) is 12.7. The third-order valence-electron chi connectivity index (χ3n) is 4.15. The van der Waals surface area contributed by atoms with E-state index in [1.807, 2.05) is 12.1 Å². The topological polar surface area (TPSA) is 61.8 Å². The summed E-state index contributed by atoms with van der Waals surface area (Å²) < 4.78 is 5.16. The Kier molecular flexibility index (Phi) is 5.59. The SMILES string of the molecule is CNC(CC1CCN(Cc2ccc(OC)cc2)C1)C(=O)O. The number of hydrogen-bond acceptors (Lipinski definition) is 4. The van der Waals surface area contributed by atoms with E-state index in [1.165, 1.54) is 5.56 Å². The first kappa shape index (κ1) is 15.8. The van der Waals surface area contributed by atoms with E-state index in [4.69, 9.17) is 9.84 Å². The number of carboxylic acids is 1. The van der Waals surface area contributed by atoms with Crippen molar-refractivity contribution in [2.24, 2.45) is 5.92 Å². The third kappa shape index (κ3) is 4.44. The standard InChI is InChI=1S/C16H24N2O3/c1-17-15(16(19)20)9-13-7-8-18(11-13)10-12-3-5-14(21-2)6-4-12/h3-6,13,15,17H,7-11H2,1-2H3,(H,19,20). The Morgan fingerprint density at radius 3 is 2.76 bits per heavy atom. The zero-order valence-corrected chi connectivity index (χ0v) is 12.7. The molecule has 2 unspecified atom stereocenters. The van der Waals surface area contributed by atoms with Gasteiger partial charge in [-0.1, -0.05) is 12.1 Å². The Balaban J connectivity index is 1.83. The van der Waals surface area contributed by atoms with E-state index in [0.29, 0.717) is 12.3 Å². The van der Waals surface area contributed by atoms with E-state index in [0.717, 1.165) is 31.8 Å². The summed E-state index contributed by atoms with van der Waals surface area (Å²) in [4.78, 5) is 13.5. The summed E-state index contributed by atoms with van der Waals surface area (Å²) >= 11 is 0. The van der Waals surface area contributed by atoms with Crippen molar-refractivity contribution in [2.75, 3.05) is 27.2 Å². The minimum atomic E-state index is -0.758. The molecule has 1 aromatic carbocycles. The van der Waals surface area contributed by atoms with Gasteiger partial charge in [0.1, 0.15) is 11.8 Å². The van der Waals surface area contributed by atoms with Crippen LogP contribution < -0.4 is 10.1 Å². The van der Waals surface area contributed by atoms with Gasteiger partial charge in [-0.2, -0.15) is 0 Å². The van der Waals surface area contributed by atoms with Gasteiger partial charge in [-0.3, -0.25) is 9.69 Å². The summed E-state index contributed by atoms with van der Waals surface area (Å²) in [6.07, 6.45) is 1.77. The van der Waals surface area contributed by atoms with Crippen LogP contribution in [-0.2, 0) is 11.3 Å². The molecule has 1 fully saturated rings. The molecule has 2 atom stereocenters. The quantitative estimate of drug-likeness (QED) is 0.799. The highest BCUT2D eigenvalue weighted by atomic mass is 16.5. The fourth-order valence-electron chi connectivity index (χ4n) is 2.91. The predicted octanol–water partition coefficient (Wildman–Crippen LogP) is 1.58. The lowest BCUT2D eigenvalue weighted by atomic mass is 9.99. The maximum Gasteiger partial charge on any atom is 0.320 e. The van der Waals surface area contributed by atoms with Gasteiger partial charge in [0.25, 0.3) is 0 Å². The lowest BCUT2D eigenvalue weighted by Gasteiger charge is -2.18. The van der Waals surface area contributed by atoms with E-state index in [2.05, 4.69) is 22.3 Å². The lowest BCUT2D eigenvalue weighted by molar-refractivity contribution is -0.139. The van der Waals surface area contributed by atoms with Gasteiger partial charge in [0.05, 0.1) is 7.11 Å². The minimum Gasteiger partial charge on any atom is -0.497 e. The molecular formula is C16H24N2O3. The zero-order chi connectivity index (χ0) is 15.2. The highest BCUT2D eigenvalue weighted by Crippen LogP contribution is 2.23. The fraction of sp³-hybridized carbons (Fsp3) is 0.562. The summed E-state index contributed by atoms with van der Waals surface area (Å²) in [6.45, 7) is 2.92. The van der Waals surface area contributed by atoms with Crippen LogP contribution in [-0.4, -0.2) is 49.3 Å². The van der Waals surface area contributed by atoms with Crippen LogP contribution in [0.3, 0.4) is 0 Å². The first-order chi connectivity index (χ1) is 10.1. The average Bonchev–Trinajstić information content (AvgIpc) is 2.92. The second kappa shape index (κ2) is 7.43. The summed E-state index contributed by atoms with van der Waals surface area (Å²) in [5.74, 6) is 0.569. The molecule has 0 radical (unpaired) electrons. The van der Waals surface area contributed by atoms with Gasteiger partial charge >= 0.3 is 5.97 Å². The number of carbonyl (C=O) groups is 1. The van der Waals surface area contributed by atoms with Crippen LogP contribution in [0.1, 0.15) is 18.4 Å². The second-order valence-electron chi connectivity index (χ2n) is 5.65. The summed E-state index contributed by atoms with van der Waals surface area (Å²) in [5.41, 5.74) is 1.26. The van der Waals surface area contributed by atoms with Crippen LogP contribution in [0.2, 0.25) is 0 Å². The molecule has 1 heterocycles. The number of aliphatic carboxylic acids is 1. The number of nitrogens with one attached hydrogen (secondary N) is 1. The Bertz CT molecular complexity index is 461. The van der Waals surface area contributed by atoms with E-state index in [-0.39, 0.29) is 0 Å². The molecule has 0 saturated carbocycles. The Morgan fingerprint density at radius 1 is 1.48 bits per heavy atom. The van der Waals surface area contributed by atoms with Crippen LogP contribution >= 0.6 is 0 Å². The summed E-state index contributed by atoms with van der Waals surface area (Å²) in [7, 11) is 3.38. The Labute approximate surface area is 125 Å². The molecule has 5 heteroatoms. The fourth-order valence-corrected chi connectivity index (χ4v) is 2.91. The number of likely N-dealkylation sites (tertiary alicyclic amines) is 1.